The molecule has 0 bridgehead atoms. The van der Waals surface area contributed by atoms with Crippen LogP contribution in [0.3, 0.4) is 0 Å². The maximum Gasteiger partial charge on any atom is 0.323 e. The van der Waals surface area contributed by atoms with Crippen LogP contribution in [0.5, 0.6) is 11.5 Å². The number of fused-ring (bicyclic) bond motifs is 1. The molecule has 9 heteroatoms. The Labute approximate surface area is 147 Å². The molecule has 3 rings (SSSR count). The molecular formula is C16H16N4O4S. The predicted molar refractivity (Wildman–Crippen MR) is 96.3 cm³/mol. The fourth-order valence-corrected chi connectivity index (χ4v) is 3.06. The highest BCUT2D eigenvalue weighted by Crippen LogP contribution is 2.29. The van der Waals surface area contributed by atoms with Gasteiger partial charge in [0.15, 0.2) is 4.96 Å². The van der Waals surface area contributed by atoms with E-state index in [-0.39, 0.29) is 11.2 Å². The van der Waals surface area contributed by atoms with Gasteiger partial charge in [0.25, 0.3) is 5.56 Å². The van der Waals surface area contributed by atoms with Crippen molar-refractivity contribution in [2.45, 2.75) is 6.92 Å². The number of aryl methyl sites for hydroxylation is 1. The summed E-state index contributed by atoms with van der Waals surface area (Å²) in [7, 11) is 3.02. The number of amides is 2. The quantitative estimate of drug-likeness (QED) is 0.746. The van der Waals surface area contributed by atoms with Crippen LogP contribution in [-0.4, -0.2) is 29.6 Å². The Morgan fingerprint density at radius 2 is 2.04 bits per heavy atom. The largest absolute Gasteiger partial charge is 0.497 e. The minimum absolute atomic E-state index is 0.121. The third kappa shape index (κ3) is 3.26. The number of carbonyl (C=O) groups excluding carboxylic acids is 1. The second-order valence-corrected chi connectivity index (χ2v) is 5.95. The van der Waals surface area contributed by atoms with Gasteiger partial charge in [-0.05, 0) is 19.1 Å². The van der Waals surface area contributed by atoms with Crippen LogP contribution in [0.2, 0.25) is 0 Å². The molecule has 0 unspecified atom stereocenters. The zero-order chi connectivity index (χ0) is 18.0. The molecule has 2 aromatic heterocycles. The lowest BCUT2D eigenvalue weighted by molar-refractivity contribution is 0.262. The van der Waals surface area contributed by atoms with Gasteiger partial charge in [-0.1, -0.05) is 0 Å². The summed E-state index contributed by atoms with van der Waals surface area (Å²) in [6.45, 7) is 1.67. The molecule has 1 aromatic carbocycles. The minimum Gasteiger partial charge on any atom is -0.497 e. The van der Waals surface area contributed by atoms with Crippen LogP contribution in [0.1, 0.15) is 5.69 Å². The van der Waals surface area contributed by atoms with Gasteiger partial charge in [-0.2, -0.15) is 0 Å². The molecule has 0 fully saturated rings. The van der Waals surface area contributed by atoms with Crippen molar-refractivity contribution in [1.29, 1.82) is 0 Å². The van der Waals surface area contributed by atoms with E-state index in [2.05, 4.69) is 15.6 Å². The van der Waals surface area contributed by atoms with E-state index in [1.807, 2.05) is 0 Å². The molecular weight excluding hydrogens is 344 g/mol. The van der Waals surface area contributed by atoms with Crippen LogP contribution >= 0.6 is 11.3 Å². The summed E-state index contributed by atoms with van der Waals surface area (Å²) in [5.74, 6) is 1.03. The number of aromatic nitrogens is 2. The number of benzene rings is 1. The molecule has 2 heterocycles. The minimum atomic E-state index is -0.580. The first-order valence-electron chi connectivity index (χ1n) is 7.30. The number of carbonyl (C=O) groups is 1. The number of nitrogens with zero attached hydrogens (tertiary/aromatic N) is 2. The molecule has 0 saturated heterocycles. The van der Waals surface area contributed by atoms with Crippen LogP contribution in [-0.2, 0) is 0 Å². The maximum absolute atomic E-state index is 12.5. The zero-order valence-electron chi connectivity index (χ0n) is 13.8. The van der Waals surface area contributed by atoms with Crippen molar-refractivity contribution in [3.8, 4) is 11.5 Å². The topological polar surface area (TPSA) is 94.0 Å². The van der Waals surface area contributed by atoms with Gasteiger partial charge >= 0.3 is 6.03 Å². The number of hydrogen-bond donors (Lipinski definition) is 2. The van der Waals surface area contributed by atoms with E-state index in [0.29, 0.717) is 27.8 Å². The highest BCUT2D eigenvalue weighted by atomic mass is 32.1. The summed E-state index contributed by atoms with van der Waals surface area (Å²) in [4.78, 5) is 29.7. The molecule has 0 aliphatic carbocycles. The number of methoxy groups -OCH3 is 2. The molecule has 8 nitrogen and oxygen atoms in total. The van der Waals surface area contributed by atoms with E-state index in [9.17, 15) is 9.59 Å². The number of rotatable bonds is 4. The van der Waals surface area contributed by atoms with Crippen LogP contribution in [0, 0.1) is 6.92 Å². The van der Waals surface area contributed by atoms with Gasteiger partial charge in [0.1, 0.15) is 17.2 Å². The molecule has 0 atom stereocenters. The Balaban J connectivity index is 1.88. The smallest absolute Gasteiger partial charge is 0.323 e. The summed E-state index contributed by atoms with van der Waals surface area (Å²) in [6, 6.07) is 4.43. The fourth-order valence-electron chi connectivity index (χ4n) is 2.30. The molecule has 0 aliphatic heterocycles. The second-order valence-electron chi connectivity index (χ2n) is 5.08. The molecule has 0 spiro atoms. The van der Waals surface area contributed by atoms with Crippen molar-refractivity contribution >= 4 is 33.7 Å². The van der Waals surface area contributed by atoms with E-state index in [0.717, 1.165) is 0 Å². The molecule has 25 heavy (non-hydrogen) atoms. The van der Waals surface area contributed by atoms with Gasteiger partial charge in [0.2, 0.25) is 0 Å². The standard InChI is InChI=1S/C16H16N4O4S/c1-9-13(14(21)20-6-7-25-16(20)17-9)19-15(22)18-11-8-10(23-2)4-5-12(11)24-3/h4-8H,1-3H3,(H2,18,19,22). The van der Waals surface area contributed by atoms with Crippen molar-refractivity contribution in [3.63, 3.8) is 0 Å². The summed E-state index contributed by atoms with van der Waals surface area (Å²) < 4.78 is 11.7. The predicted octanol–water partition coefficient (Wildman–Crippen LogP) is 2.73. The molecule has 130 valence electrons. The van der Waals surface area contributed by atoms with Crippen LogP contribution in [0.15, 0.2) is 34.6 Å². The molecule has 0 radical (unpaired) electrons. The first kappa shape index (κ1) is 16.8. The van der Waals surface area contributed by atoms with Crippen LogP contribution in [0.4, 0.5) is 16.2 Å². The summed E-state index contributed by atoms with van der Waals surface area (Å²) in [6.07, 6.45) is 1.61. The van der Waals surface area contributed by atoms with Crippen LogP contribution < -0.4 is 25.7 Å². The van der Waals surface area contributed by atoms with E-state index < -0.39 is 6.03 Å². The number of anilines is 2. The summed E-state index contributed by atoms with van der Waals surface area (Å²) in [5.41, 5.74) is 0.647. The van der Waals surface area contributed by atoms with Crippen molar-refractivity contribution in [1.82, 2.24) is 9.38 Å². The van der Waals surface area contributed by atoms with Gasteiger partial charge in [0.05, 0.1) is 25.6 Å². The maximum atomic E-state index is 12.5. The zero-order valence-corrected chi connectivity index (χ0v) is 14.6. The highest BCUT2D eigenvalue weighted by molar-refractivity contribution is 7.15. The van der Waals surface area contributed by atoms with Gasteiger partial charge in [-0.3, -0.25) is 9.20 Å². The van der Waals surface area contributed by atoms with Crippen molar-refractivity contribution in [2.24, 2.45) is 0 Å². The molecule has 0 aliphatic rings. The van der Waals surface area contributed by atoms with Crippen molar-refractivity contribution < 1.29 is 14.3 Å². The van der Waals surface area contributed by atoms with E-state index in [4.69, 9.17) is 9.47 Å². The lowest BCUT2D eigenvalue weighted by atomic mass is 10.2. The molecule has 3 aromatic rings. The molecule has 2 amide bonds. The van der Waals surface area contributed by atoms with Gasteiger partial charge in [-0.15, -0.1) is 11.3 Å². The first-order valence-corrected chi connectivity index (χ1v) is 8.18. The third-order valence-electron chi connectivity index (χ3n) is 3.54. The highest BCUT2D eigenvalue weighted by Gasteiger charge is 2.15. The van der Waals surface area contributed by atoms with E-state index in [1.54, 1.807) is 36.7 Å². The number of thiazole rings is 1. The number of hydrogen-bond acceptors (Lipinski definition) is 6. The Morgan fingerprint density at radius 1 is 1.24 bits per heavy atom. The van der Waals surface area contributed by atoms with E-state index >= 15 is 0 Å². The Kier molecular flexibility index (Phi) is 4.57. The first-order chi connectivity index (χ1) is 12.0. The number of ether oxygens (including phenoxy) is 2. The van der Waals surface area contributed by atoms with Gasteiger partial charge in [0, 0.05) is 17.6 Å². The van der Waals surface area contributed by atoms with Gasteiger partial charge < -0.3 is 20.1 Å². The van der Waals surface area contributed by atoms with Crippen molar-refractivity contribution in [2.75, 3.05) is 24.9 Å². The summed E-state index contributed by atoms with van der Waals surface area (Å²) >= 11 is 1.35. The molecule has 0 saturated carbocycles. The monoisotopic (exact) mass is 360 g/mol. The number of urea groups is 1. The SMILES string of the molecule is COc1ccc(OC)c(NC(=O)Nc2c(C)nc3sccn3c2=O)c1. The Hall–Kier alpha value is -3.07. The third-order valence-corrected chi connectivity index (χ3v) is 4.30. The number of nitrogens with one attached hydrogen (secondary N) is 2. The fraction of sp³-hybridized carbons (Fsp3) is 0.188. The van der Waals surface area contributed by atoms with E-state index in [1.165, 1.54) is 30.0 Å². The normalized spacial score (nSPS) is 10.5. The Morgan fingerprint density at radius 3 is 2.76 bits per heavy atom. The lowest BCUT2D eigenvalue weighted by Crippen LogP contribution is -2.27. The van der Waals surface area contributed by atoms with Gasteiger partial charge in [-0.25, -0.2) is 9.78 Å². The van der Waals surface area contributed by atoms with Crippen LogP contribution in [0.25, 0.3) is 4.96 Å². The Bertz CT molecular complexity index is 995. The lowest BCUT2D eigenvalue weighted by Gasteiger charge is -2.13. The average Bonchev–Trinajstić information content (AvgIpc) is 3.07. The molecule has 2 N–H and O–H groups in total. The van der Waals surface area contributed by atoms with Crippen molar-refractivity contribution in [3.05, 3.63) is 45.8 Å². The summed E-state index contributed by atoms with van der Waals surface area (Å²) in [5, 5.41) is 6.97. The average molecular weight is 360 g/mol. The second kappa shape index (κ2) is 6.81.